The summed E-state index contributed by atoms with van der Waals surface area (Å²) in [6, 6.07) is 0.803. The minimum absolute atomic E-state index is 0.526. The van der Waals surface area contributed by atoms with E-state index in [0.717, 1.165) is 12.0 Å². The molecule has 1 saturated heterocycles. The molecule has 0 aromatic heterocycles. The van der Waals surface area contributed by atoms with E-state index in [1.807, 2.05) is 7.11 Å². The van der Waals surface area contributed by atoms with Crippen molar-refractivity contribution in [3.8, 4) is 0 Å². The van der Waals surface area contributed by atoms with Crippen LogP contribution < -0.4 is 5.32 Å². The minimum Gasteiger partial charge on any atom is -0.381 e. The van der Waals surface area contributed by atoms with E-state index in [9.17, 15) is 0 Å². The fourth-order valence-corrected chi connectivity index (χ4v) is 3.11. The van der Waals surface area contributed by atoms with Crippen molar-refractivity contribution in [2.24, 2.45) is 5.92 Å². The van der Waals surface area contributed by atoms with Crippen LogP contribution in [-0.4, -0.2) is 50.8 Å². The van der Waals surface area contributed by atoms with Crippen molar-refractivity contribution in [3.63, 3.8) is 0 Å². The van der Waals surface area contributed by atoms with Gasteiger partial charge in [0.1, 0.15) is 0 Å². The third-order valence-electron chi connectivity index (χ3n) is 4.02. The number of nitrogens with zero attached hydrogens (tertiary/aromatic N) is 1. The summed E-state index contributed by atoms with van der Waals surface area (Å²) in [6.45, 7) is 3.77. The Morgan fingerprint density at radius 2 is 2.20 bits per heavy atom. The van der Waals surface area contributed by atoms with Crippen LogP contribution in [0.3, 0.4) is 0 Å². The molecule has 0 aromatic carbocycles. The van der Waals surface area contributed by atoms with Gasteiger partial charge in [0.05, 0.1) is 6.10 Å². The van der Waals surface area contributed by atoms with Crippen LogP contribution in [0.5, 0.6) is 0 Å². The minimum atomic E-state index is 0.526. The highest BCUT2D eigenvalue weighted by Gasteiger charge is 2.33. The van der Waals surface area contributed by atoms with Gasteiger partial charge in [0.25, 0.3) is 0 Å². The number of methoxy groups -OCH3 is 1. The van der Waals surface area contributed by atoms with Gasteiger partial charge in [-0.3, -0.25) is 4.90 Å². The Kier molecular flexibility index (Phi) is 4.00. The topological polar surface area (TPSA) is 24.5 Å². The number of likely N-dealkylation sites (tertiary alicyclic amines) is 1. The molecular formula is C12H24N2O. The number of hydrogen-bond donors (Lipinski definition) is 1. The van der Waals surface area contributed by atoms with Gasteiger partial charge in [-0.15, -0.1) is 0 Å². The highest BCUT2D eigenvalue weighted by atomic mass is 16.5. The smallest absolute Gasteiger partial charge is 0.0586 e. The summed E-state index contributed by atoms with van der Waals surface area (Å²) in [5.74, 6) is 0.872. The molecule has 1 N–H and O–H groups in total. The summed E-state index contributed by atoms with van der Waals surface area (Å²) >= 11 is 0. The molecule has 2 rings (SSSR count). The zero-order valence-corrected chi connectivity index (χ0v) is 10.0. The van der Waals surface area contributed by atoms with E-state index >= 15 is 0 Å². The van der Waals surface area contributed by atoms with Crippen molar-refractivity contribution in [1.29, 1.82) is 0 Å². The third kappa shape index (κ3) is 2.71. The summed E-state index contributed by atoms with van der Waals surface area (Å²) in [5, 5.41) is 3.29. The van der Waals surface area contributed by atoms with Gasteiger partial charge < -0.3 is 10.1 Å². The molecular weight excluding hydrogens is 188 g/mol. The largest absolute Gasteiger partial charge is 0.381 e. The SMILES string of the molecule is CNCC1CCN(C2CCC(OC)C2)C1. The quantitative estimate of drug-likeness (QED) is 0.755. The lowest BCUT2D eigenvalue weighted by molar-refractivity contribution is 0.0993. The van der Waals surface area contributed by atoms with Crippen LogP contribution in [0.25, 0.3) is 0 Å². The van der Waals surface area contributed by atoms with Crippen LogP contribution >= 0.6 is 0 Å². The Morgan fingerprint density at radius 3 is 2.87 bits per heavy atom. The predicted octanol–water partition coefficient (Wildman–Crippen LogP) is 1.10. The first-order chi connectivity index (χ1) is 7.33. The van der Waals surface area contributed by atoms with Crippen LogP contribution in [0, 0.1) is 5.92 Å². The second kappa shape index (κ2) is 5.28. The summed E-state index contributed by atoms with van der Waals surface area (Å²) in [7, 11) is 3.90. The lowest BCUT2D eigenvalue weighted by Crippen LogP contribution is -2.33. The number of hydrogen-bond acceptors (Lipinski definition) is 3. The maximum absolute atomic E-state index is 5.44. The Balaban J connectivity index is 1.76. The molecule has 1 heterocycles. The molecule has 0 spiro atoms. The summed E-state index contributed by atoms with van der Waals surface area (Å²) < 4.78 is 5.44. The maximum Gasteiger partial charge on any atom is 0.0586 e. The molecule has 3 atom stereocenters. The van der Waals surface area contributed by atoms with Gasteiger partial charge in [-0.25, -0.2) is 0 Å². The third-order valence-corrected chi connectivity index (χ3v) is 4.02. The van der Waals surface area contributed by atoms with Crippen molar-refractivity contribution < 1.29 is 4.74 Å². The molecule has 0 amide bonds. The molecule has 0 radical (unpaired) electrons. The van der Waals surface area contributed by atoms with Crippen LogP contribution in [0.2, 0.25) is 0 Å². The van der Waals surface area contributed by atoms with E-state index in [4.69, 9.17) is 4.74 Å². The van der Waals surface area contributed by atoms with Crippen LogP contribution in [0.1, 0.15) is 25.7 Å². The molecule has 1 saturated carbocycles. The van der Waals surface area contributed by atoms with Gasteiger partial charge in [-0.05, 0) is 51.7 Å². The van der Waals surface area contributed by atoms with Gasteiger partial charge in [-0.1, -0.05) is 0 Å². The Labute approximate surface area is 93.2 Å². The van der Waals surface area contributed by atoms with E-state index in [2.05, 4.69) is 17.3 Å². The first-order valence-corrected chi connectivity index (χ1v) is 6.25. The van der Waals surface area contributed by atoms with Crippen molar-refractivity contribution in [2.75, 3.05) is 33.8 Å². The standard InChI is InChI=1S/C12H24N2O/c1-13-8-10-5-6-14(9-10)11-3-4-12(7-11)15-2/h10-13H,3-9H2,1-2H3. The number of rotatable bonds is 4. The first kappa shape index (κ1) is 11.4. The molecule has 3 unspecified atom stereocenters. The fourth-order valence-electron chi connectivity index (χ4n) is 3.11. The Morgan fingerprint density at radius 1 is 1.33 bits per heavy atom. The van der Waals surface area contributed by atoms with Crippen molar-refractivity contribution in [1.82, 2.24) is 10.2 Å². The van der Waals surface area contributed by atoms with Gasteiger partial charge in [-0.2, -0.15) is 0 Å². The molecule has 1 aliphatic heterocycles. The molecule has 88 valence electrons. The lowest BCUT2D eigenvalue weighted by atomic mass is 10.1. The fraction of sp³-hybridized carbons (Fsp3) is 1.00. The molecule has 15 heavy (non-hydrogen) atoms. The monoisotopic (exact) mass is 212 g/mol. The molecule has 0 aromatic rings. The molecule has 0 bridgehead atoms. The first-order valence-electron chi connectivity index (χ1n) is 6.25. The van der Waals surface area contributed by atoms with Gasteiger partial charge >= 0.3 is 0 Å². The van der Waals surface area contributed by atoms with Gasteiger partial charge in [0, 0.05) is 19.7 Å². The van der Waals surface area contributed by atoms with Crippen LogP contribution in [-0.2, 0) is 4.74 Å². The van der Waals surface area contributed by atoms with Crippen LogP contribution in [0.15, 0.2) is 0 Å². The highest BCUT2D eigenvalue weighted by molar-refractivity contribution is 4.88. The normalized spacial score (nSPS) is 37.6. The van der Waals surface area contributed by atoms with Crippen LogP contribution in [0.4, 0.5) is 0 Å². The zero-order chi connectivity index (χ0) is 10.7. The zero-order valence-electron chi connectivity index (χ0n) is 10.0. The maximum atomic E-state index is 5.44. The summed E-state index contributed by atoms with van der Waals surface area (Å²) in [6.07, 6.45) is 5.75. The molecule has 3 nitrogen and oxygen atoms in total. The van der Waals surface area contributed by atoms with E-state index in [1.165, 1.54) is 45.3 Å². The van der Waals surface area contributed by atoms with E-state index in [-0.39, 0.29) is 0 Å². The Hall–Kier alpha value is -0.120. The average molecular weight is 212 g/mol. The summed E-state index contributed by atoms with van der Waals surface area (Å²) in [4.78, 5) is 2.68. The highest BCUT2D eigenvalue weighted by Crippen LogP contribution is 2.29. The summed E-state index contributed by atoms with van der Waals surface area (Å²) in [5.41, 5.74) is 0. The van der Waals surface area contributed by atoms with E-state index < -0.39 is 0 Å². The lowest BCUT2D eigenvalue weighted by Gasteiger charge is -2.23. The van der Waals surface area contributed by atoms with Crippen molar-refractivity contribution in [2.45, 2.75) is 37.8 Å². The Bertz CT molecular complexity index is 198. The van der Waals surface area contributed by atoms with Gasteiger partial charge in [0.2, 0.25) is 0 Å². The van der Waals surface area contributed by atoms with E-state index in [1.54, 1.807) is 0 Å². The number of nitrogens with one attached hydrogen (secondary N) is 1. The van der Waals surface area contributed by atoms with Crippen molar-refractivity contribution >= 4 is 0 Å². The second-order valence-corrected chi connectivity index (χ2v) is 5.03. The number of ether oxygens (including phenoxy) is 1. The second-order valence-electron chi connectivity index (χ2n) is 5.03. The van der Waals surface area contributed by atoms with Crippen molar-refractivity contribution in [3.05, 3.63) is 0 Å². The predicted molar refractivity (Wildman–Crippen MR) is 62.0 cm³/mol. The van der Waals surface area contributed by atoms with Gasteiger partial charge in [0.15, 0.2) is 0 Å². The molecule has 2 fully saturated rings. The molecule has 2 aliphatic rings. The molecule has 1 aliphatic carbocycles. The average Bonchev–Trinajstić information content (AvgIpc) is 2.85. The molecule has 3 heteroatoms. The van der Waals surface area contributed by atoms with E-state index in [0.29, 0.717) is 6.10 Å².